The Morgan fingerprint density at radius 3 is 2.65 bits per heavy atom. The minimum Gasteiger partial charge on any atom is -0.353 e. The maximum absolute atomic E-state index is 13.5. The summed E-state index contributed by atoms with van der Waals surface area (Å²) in [5.74, 6) is -0.227. The van der Waals surface area contributed by atoms with Gasteiger partial charge in [0.05, 0.1) is 9.89 Å². The zero-order valence-corrected chi connectivity index (χ0v) is 10.9. The van der Waals surface area contributed by atoms with Gasteiger partial charge in [0.1, 0.15) is 5.82 Å². The molecule has 2 nitrogen and oxygen atoms in total. The Morgan fingerprint density at radius 1 is 1.41 bits per heavy atom. The van der Waals surface area contributed by atoms with Gasteiger partial charge in [0.15, 0.2) is 0 Å². The number of benzene rings is 1. The predicted molar refractivity (Wildman–Crippen MR) is 66.2 cm³/mol. The Labute approximate surface area is 108 Å². The first kappa shape index (κ1) is 11.2. The van der Waals surface area contributed by atoms with Crippen molar-refractivity contribution in [2.24, 2.45) is 0 Å². The Hall–Kier alpha value is -0.900. The highest BCUT2D eigenvalue weighted by Crippen LogP contribution is 2.49. The van der Waals surface area contributed by atoms with E-state index in [1.54, 1.807) is 6.07 Å². The number of carbonyl (C=O) groups is 1. The van der Waals surface area contributed by atoms with Crippen molar-refractivity contribution in [1.29, 1.82) is 0 Å². The average Bonchev–Trinajstić information content (AvgIpc) is 3.12. The summed E-state index contributed by atoms with van der Waals surface area (Å²) in [7, 11) is 0. The zero-order valence-electron chi connectivity index (χ0n) is 9.30. The van der Waals surface area contributed by atoms with Gasteiger partial charge < -0.3 is 5.32 Å². The van der Waals surface area contributed by atoms with E-state index in [4.69, 9.17) is 0 Å². The van der Waals surface area contributed by atoms with E-state index in [2.05, 4.69) is 21.2 Å². The van der Waals surface area contributed by atoms with Crippen LogP contribution in [-0.4, -0.2) is 11.9 Å². The van der Waals surface area contributed by atoms with E-state index in [-0.39, 0.29) is 11.7 Å². The maximum Gasteiger partial charge on any atom is 0.230 e. The van der Waals surface area contributed by atoms with Crippen molar-refractivity contribution in [3.63, 3.8) is 0 Å². The summed E-state index contributed by atoms with van der Waals surface area (Å²) in [6.45, 7) is 0. The third kappa shape index (κ3) is 1.99. The van der Waals surface area contributed by atoms with E-state index >= 15 is 0 Å². The van der Waals surface area contributed by atoms with Gasteiger partial charge in [-0.25, -0.2) is 4.39 Å². The Kier molecular flexibility index (Phi) is 2.51. The third-order valence-electron chi connectivity index (χ3n) is 3.57. The van der Waals surface area contributed by atoms with E-state index in [9.17, 15) is 9.18 Å². The molecule has 0 bridgehead atoms. The molecule has 4 heteroatoms. The lowest BCUT2D eigenvalue weighted by molar-refractivity contribution is -0.123. The van der Waals surface area contributed by atoms with Gasteiger partial charge in [-0.2, -0.15) is 0 Å². The number of rotatable bonds is 3. The summed E-state index contributed by atoms with van der Waals surface area (Å²) < 4.78 is 13.9. The summed E-state index contributed by atoms with van der Waals surface area (Å²) in [5, 5.41) is 3.02. The number of halogens is 2. The van der Waals surface area contributed by atoms with Gasteiger partial charge in [-0.05, 0) is 59.3 Å². The molecule has 0 saturated heterocycles. The average molecular weight is 298 g/mol. The highest BCUT2D eigenvalue weighted by molar-refractivity contribution is 9.10. The first-order valence-electron chi connectivity index (χ1n) is 5.88. The van der Waals surface area contributed by atoms with Crippen LogP contribution in [-0.2, 0) is 10.2 Å². The minimum atomic E-state index is -0.454. The van der Waals surface area contributed by atoms with Crippen molar-refractivity contribution in [2.45, 2.75) is 37.1 Å². The number of nitrogens with one attached hydrogen (secondary N) is 1. The fraction of sp³-hybridized carbons (Fsp3) is 0.462. The molecule has 1 N–H and O–H groups in total. The minimum absolute atomic E-state index is 0.0710. The standard InChI is InChI=1S/C13H13BrFNO/c14-10-4-1-8(7-11(10)15)13(5-6-13)12(17)16-9-2-3-9/h1,4,7,9H,2-3,5-6H2,(H,16,17). The lowest BCUT2D eigenvalue weighted by atomic mass is 9.95. The molecule has 2 aliphatic carbocycles. The zero-order chi connectivity index (χ0) is 12.0. The van der Waals surface area contributed by atoms with Crippen LogP contribution in [0.25, 0.3) is 0 Å². The summed E-state index contributed by atoms with van der Waals surface area (Å²) in [6, 6.07) is 5.35. The van der Waals surface area contributed by atoms with Gasteiger partial charge in [0, 0.05) is 6.04 Å². The van der Waals surface area contributed by atoms with Crippen molar-refractivity contribution in [3.8, 4) is 0 Å². The van der Waals surface area contributed by atoms with Crippen LogP contribution in [0.15, 0.2) is 22.7 Å². The van der Waals surface area contributed by atoms with Crippen LogP contribution in [0.4, 0.5) is 4.39 Å². The van der Waals surface area contributed by atoms with E-state index in [0.717, 1.165) is 31.2 Å². The quantitative estimate of drug-likeness (QED) is 0.913. The predicted octanol–water partition coefficient (Wildman–Crippen LogP) is 2.90. The number of hydrogen-bond acceptors (Lipinski definition) is 1. The summed E-state index contributed by atoms with van der Waals surface area (Å²) >= 11 is 3.13. The summed E-state index contributed by atoms with van der Waals surface area (Å²) in [5.41, 5.74) is 0.348. The molecule has 2 aliphatic rings. The smallest absolute Gasteiger partial charge is 0.230 e. The van der Waals surface area contributed by atoms with Crippen molar-refractivity contribution in [1.82, 2.24) is 5.32 Å². The van der Waals surface area contributed by atoms with Gasteiger partial charge in [-0.15, -0.1) is 0 Å². The highest BCUT2D eigenvalue weighted by Gasteiger charge is 2.52. The van der Waals surface area contributed by atoms with Gasteiger partial charge in [0.2, 0.25) is 5.91 Å². The van der Waals surface area contributed by atoms with Crippen LogP contribution in [0.3, 0.4) is 0 Å². The summed E-state index contributed by atoms with van der Waals surface area (Å²) in [6.07, 6.45) is 3.81. The van der Waals surface area contributed by atoms with E-state index < -0.39 is 5.41 Å². The first-order valence-corrected chi connectivity index (χ1v) is 6.68. The number of carbonyl (C=O) groups excluding carboxylic acids is 1. The SMILES string of the molecule is O=C(NC1CC1)C1(c2ccc(Br)c(F)c2)CC1. The van der Waals surface area contributed by atoms with Crippen LogP contribution < -0.4 is 5.32 Å². The van der Waals surface area contributed by atoms with Crippen molar-refractivity contribution >= 4 is 21.8 Å². The van der Waals surface area contributed by atoms with Gasteiger partial charge >= 0.3 is 0 Å². The van der Waals surface area contributed by atoms with Crippen LogP contribution in [0.5, 0.6) is 0 Å². The first-order chi connectivity index (χ1) is 8.12. The van der Waals surface area contributed by atoms with E-state index in [0.29, 0.717) is 10.5 Å². The molecular weight excluding hydrogens is 285 g/mol. The van der Waals surface area contributed by atoms with E-state index in [1.807, 2.05) is 6.07 Å². The maximum atomic E-state index is 13.5. The molecule has 1 aromatic carbocycles. The molecule has 0 unspecified atom stereocenters. The van der Waals surface area contributed by atoms with Crippen molar-refractivity contribution in [3.05, 3.63) is 34.1 Å². The molecule has 0 radical (unpaired) electrons. The van der Waals surface area contributed by atoms with Gasteiger partial charge in [0.25, 0.3) is 0 Å². The molecule has 0 aliphatic heterocycles. The Bertz CT molecular complexity index is 480. The molecule has 3 rings (SSSR count). The second-order valence-electron chi connectivity index (χ2n) is 4.96. The largest absolute Gasteiger partial charge is 0.353 e. The highest BCUT2D eigenvalue weighted by atomic mass is 79.9. The molecule has 0 atom stereocenters. The number of amides is 1. The fourth-order valence-corrected chi connectivity index (χ4v) is 2.36. The molecule has 17 heavy (non-hydrogen) atoms. The van der Waals surface area contributed by atoms with Crippen LogP contribution >= 0.6 is 15.9 Å². The van der Waals surface area contributed by atoms with Crippen LogP contribution in [0.1, 0.15) is 31.2 Å². The molecule has 0 aromatic heterocycles. The lowest BCUT2D eigenvalue weighted by Crippen LogP contribution is -2.36. The van der Waals surface area contributed by atoms with Gasteiger partial charge in [-0.3, -0.25) is 4.79 Å². The molecule has 90 valence electrons. The molecule has 2 saturated carbocycles. The lowest BCUT2D eigenvalue weighted by Gasteiger charge is -2.15. The van der Waals surface area contributed by atoms with Crippen molar-refractivity contribution in [2.75, 3.05) is 0 Å². The molecule has 1 amide bonds. The van der Waals surface area contributed by atoms with Crippen LogP contribution in [0, 0.1) is 5.82 Å². The molecule has 0 heterocycles. The normalized spacial score (nSPS) is 21.1. The second kappa shape index (κ2) is 3.80. The molecule has 2 fully saturated rings. The molecular formula is C13H13BrFNO. The third-order valence-corrected chi connectivity index (χ3v) is 4.21. The molecule has 0 spiro atoms. The Balaban J connectivity index is 1.85. The fourth-order valence-electron chi connectivity index (χ4n) is 2.12. The number of hydrogen-bond donors (Lipinski definition) is 1. The van der Waals surface area contributed by atoms with Crippen molar-refractivity contribution < 1.29 is 9.18 Å². The Morgan fingerprint density at radius 2 is 2.12 bits per heavy atom. The summed E-state index contributed by atoms with van der Waals surface area (Å²) in [4.78, 5) is 12.1. The van der Waals surface area contributed by atoms with Gasteiger partial charge in [-0.1, -0.05) is 6.07 Å². The topological polar surface area (TPSA) is 29.1 Å². The van der Waals surface area contributed by atoms with Crippen LogP contribution in [0.2, 0.25) is 0 Å². The second-order valence-corrected chi connectivity index (χ2v) is 5.81. The molecule has 1 aromatic rings. The van der Waals surface area contributed by atoms with E-state index in [1.165, 1.54) is 6.07 Å². The monoisotopic (exact) mass is 297 g/mol.